The molecular weight excluding hydrogens is 444 g/mol. The van der Waals surface area contributed by atoms with Crippen molar-refractivity contribution < 1.29 is 14.3 Å². The van der Waals surface area contributed by atoms with Crippen LogP contribution in [0.4, 0.5) is 10.5 Å². The van der Waals surface area contributed by atoms with Crippen molar-refractivity contribution in [3.8, 4) is 17.0 Å². The first-order chi connectivity index (χ1) is 14.5. The average molecular weight is 471 g/mol. The predicted molar refractivity (Wildman–Crippen MR) is 124 cm³/mol. The van der Waals surface area contributed by atoms with Gasteiger partial charge >= 0.3 is 6.09 Å². The van der Waals surface area contributed by atoms with E-state index in [0.717, 1.165) is 33.9 Å². The van der Waals surface area contributed by atoms with Crippen molar-refractivity contribution in [3.63, 3.8) is 0 Å². The highest BCUT2D eigenvalue weighted by atomic mass is 79.9. The lowest BCUT2D eigenvalue weighted by molar-refractivity contribution is 0.130. The molecule has 0 bridgehead atoms. The molecule has 0 spiro atoms. The minimum atomic E-state index is -0.440. The van der Waals surface area contributed by atoms with Crippen LogP contribution < -0.4 is 10.1 Å². The number of ether oxygens (including phenoxy) is 2. The number of rotatable bonds is 7. The number of hydrogen-bond acceptors (Lipinski definition) is 3. The van der Waals surface area contributed by atoms with Crippen molar-refractivity contribution in [2.45, 2.75) is 46.3 Å². The van der Waals surface area contributed by atoms with E-state index in [-0.39, 0.29) is 6.10 Å². The number of benzene rings is 2. The molecule has 0 atom stereocenters. The van der Waals surface area contributed by atoms with Gasteiger partial charge in [-0.3, -0.25) is 5.32 Å². The van der Waals surface area contributed by atoms with E-state index in [1.54, 1.807) is 0 Å². The van der Waals surface area contributed by atoms with Gasteiger partial charge in [0.15, 0.2) is 0 Å². The van der Waals surface area contributed by atoms with Crippen LogP contribution in [0.1, 0.15) is 33.6 Å². The van der Waals surface area contributed by atoms with Crippen LogP contribution in [-0.4, -0.2) is 23.4 Å². The van der Waals surface area contributed by atoms with Gasteiger partial charge < -0.3 is 14.0 Å². The summed E-state index contributed by atoms with van der Waals surface area (Å²) in [5.74, 6) is 1.62. The van der Waals surface area contributed by atoms with Crippen LogP contribution in [0, 0.1) is 5.92 Å². The van der Waals surface area contributed by atoms with Crippen LogP contribution >= 0.6 is 15.9 Å². The quantitative estimate of drug-likeness (QED) is 0.411. The van der Waals surface area contributed by atoms with Gasteiger partial charge in [-0.2, -0.15) is 0 Å². The Morgan fingerprint density at radius 3 is 2.57 bits per heavy atom. The molecule has 3 aromatic rings. The summed E-state index contributed by atoms with van der Waals surface area (Å²) in [6.45, 7) is 7.30. The highest BCUT2D eigenvalue weighted by molar-refractivity contribution is 9.10. The van der Waals surface area contributed by atoms with Crippen LogP contribution in [0.5, 0.6) is 5.75 Å². The van der Waals surface area contributed by atoms with Crippen molar-refractivity contribution in [1.82, 2.24) is 4.57 Å². The number of anilines is 1. The Labute approximate surface area is 185 Å². The molecule has 2 aromatic carbocycles. The lowest BCUT2D eigenvalue weighted by atomic mass is 10.1. The third-order valence-corrected chi connectivity index (χ3v) is 5.97. The van der Waals surface area contributed by atoms with Gasteiger partial charge in [0.1, 0.15) is 5.75 Å². The molecule has 1 aliphatic rings. The summed E-state index contributed by atoms with van der Waals surface area (Å²) in [4.78, 5) is 11.9. The first-order valence-corrected chi connectivity index (χ1v) is 11.3. The lowest BCUT2D eigenvalue weighted by Gasteiger charge is -2.13. The molecule has 4 rings (SSSR count). The van der Waals surface area contributed by atoms with Gasteiger partial charge in [0.25, 0.3) is 0 Å². The van der Waals surface area contributed by atoms with Gasteiger partial charge in [-0.15, -0.1) is 0 Å². The monoisotopic (exact) mass is 470 g/mol. The number of nitrogens with one attached hydrogen (secondary N) is 1. The summed E-state index contributed by atoms with van der Waals surface area (Å²) < 4.78 is 14.4. The van der Waals surface area contributed by atoms with Gasteiger partial charge in [0, 0.05) is 23.7 Å². The standard InChI is InChI=1S/C24H27BrN2O3/c1-4-29-19-11-12-20-21(13-19)27(14-16-5-6-16)23(22(20)25)17-7-9-18(10-8-17)26-24(28)30-15(2)3/h7-13,15-16H,4-6,14H2,1-3H3,(H,26,28). The average Bonchev–Trinajstić information content (AvgIpc) is 3.48. The molecule has 1 aliphatic carbocycles. The molecule has 1 aromatic heterocycles. The van der Waals surface area contributed by atoms with Gasteiger partial charge in [0.2, 0.25) is 0 Å². The molecule has 6 heteroatoms. The normalized spacial score (nSPS) is 13.6. The fourth-order valence-electron chi connectivity index (χ4n) is 3.65. The minimum absolute atomic E-state index is 0.153. The number of fused-ring (bicyclic) bond motifs is 1. The van der Waals surface area contributed by atoms with Crippen LogP contribution in [0.25, 0.3) is 22.2 Å². The highest BCUT2D eigenvalue weighted by Crippen LogP contribution is 2.42. The maximum absolute atomic E-state index is 11.9. The number of hydrogen-bond donors (Lipinski definition) is 1. The van der Waals surface area contributed by atoms with Gasteiger partial charge in [-0.05, 0) is 85.3 Å². The molecule has 1 heterocycles. The molecule has 0 radical (unpaired) electrons. The van der Waals surface area contributed by atoms with Gasteiger partial charge in [-0.1, -0.05) is 12.1 Å². The highest BCUT2D eigenvalue weighted by Gasteiger charge is 2.26. The van der Waals surface area contributed by atoms with E-state index in [0.29, 0.717) is 12.3 Å². The zero-order chi connectivity index (χ0) is 21.3. The Morgan fingerprint density at radius 1 is 1.20 bits per heavy atom. The van der Waals surface area contributed by atoms with Crippen LogP contribution in [0.3, 0.4) is 0 Å². The zero-order valence-corrected chi connectivity index (χ0v) is 19.2. The first kappa shape index (κ1) is 20.8. The number of amides is 1. The van der Waals surface area contributed by atoms with Crippen molar-refractivity contribution in [3.05, 3.63) is 46.9 Å². The number of nitrogens with zero attached hydrogens (tertiary/aromatic N) is 1. The van der Waals surface area contributed by atoms with Crippen molar-refractivity contribution in [2.75, 3.05) is 11.9 Å². The largest absolute Gasteiger partial charge is 0.494 e. The Balaban J connectivity index is 1.70. The molecule has 1 fully saturated rings. The Bertz CT molecular complexity index is 1050. The number of carbonyl (C=O) groups excluding carboxylic acids is 1. The summed E-state index contributed by atoms with van der Waals surface area (Å²) in [5, 5.41) is 3.95. The third-order valence-electron chi connectivity index (χ3n) is 5.17. The summed E-state index contributed by atoms with van der Waals surface area (Å²) in [6, 6.07) is 14.2. The number of aromatic nitrogens is 1. The smallest absolute Gasteiger partial charge is 0.411 e. The second kappa shape index (κ2) is 8.72. The SMILES string of the molecule is CCOc1ccc2c(Br)c(-c3ccc(NC(=O)OC(C)C)cc3)n(CC3CC3)c2c1. The fourth-order valence-corrected chi connectivity index (χ4v) is 4.43. The van der Waals surface area contributed by atoms with E-state index in [4.69, 9.17) is 9.47 Å². The van der Waals surface area contributed by atoms with Crippen LogP contribution in [-0.2, 0) is 11.3 Å². The molecule has 158 valence electrons. The predicted octanol–water partition coefficient (Wildman–Crippen LogP) is 6.84. The Morgan fingerprint density at radius 2 is 1.93 bits per heavy atom. The molecule has 1 amide bonds. The molecule has 30 heavy (non-hydrogen) atoms. The van der Waals surface area contributed by atoms with Gasteiger partial charge in [-0.25, -0.2) is 4.79 Å². The second-order valence-corrected chi connectivity index (χ2v) is 8.78. The third kappa shape index (κ3) is 4.48. The van der Waals surface area contributed by atoms with Crippen molar-refractivity contribution in [2.24, 2.45) is 5.92 Å². The molecule has 5 nitrogen and oxygen atoms in total. The number of halogens is 1. The van der Waals surface area contributed by atoms with E-state index in [9.17, 15) is 4.79 Å². The summed E-state index contributed by atoms with van der Waals surface area (Å²) >= 11 is 3.85. The fraction of sp³-hybridized carbons (Fsp3) is 0.375. The lowest BCUT2D eigenvalue weighted by Crippen LogP contribution is -2.17. The molecule has 0 saturated heterocycles. The zero-order valence-electron chi connectivity index (χ0n) is 17.6. The van der Waals surface area contributed by atoms with E-state index in [2.05, 4.69) is 37.9 Å². The first-order valence-electron chi connectivity index (χ1n) is 10.5. The van der Waals surface area contributed by atoms with Crippen LogP contribution in [0.2, 0.25) is 0 Å². The maximum Gasteiger partial charge on any atom is 0.411 e. The van der Waals surface area contributed by atoms with Crippen molar-refractivity contribution in [1.29, 1.82) is 0 Å². The summed E-state index contributed by atoms with van der Waals surface area (Å²) in [5.41, 5.74) is 4.14. The van der Waals surface area contributed by atoms with Crippen molar-refractivity contribution >= 4 is 38.6 Å². The molecule has 0 unspecified atom stereocenters. The van der Waals surface area contributed by atoms with Crippen LogP contribution in [0.15, 0.2) is 46.9 Å². The summed E-state index contributed by atoms with van der Waals surface area (Å²) in [6.07, 6.45) is 1.97. The van der Waals surface area contributed by atoms with E-state index >= 15 is 0 Å². The minimum Gasteiger partial charge on any atom is -0.494 e. The topological polar surface area (TPSA) is 52.5 Å². The number of carbonyl (C=O) groups is 1. The van der Waals surface area contributed by atoms with E-state index in [1.807, 2.05) is 51.1 Å². The summed E-state index contributed by atoms with van der Waals surface area (Å²) in [7, 11) is 0. The molecule has 1 saturated carbocycles. The van der Waals surface area contributed by atoms with E-state index < -0.39 is 6.09 Å². The molecular formula is C24H27BrN2O3. The Hall–Kier alpha value is -2.47. The Kier molecular flexibility index (Phi) is 6.04. The van der Waals surface area contributed by atoms with E-state index in [1.165, 1.54) is 23.7 Å². The van der Waals surface area contributed by atoms with Gasteiger partial charge in [0.05, 0.1) is 28.4 Å². The maximum atomic E-state index is 11.9. The molecule has 0 aliphatic heterocycles. The molecule has 1 N–H and O–H groups in total. The second-order valence-electron chi connectivity index (χ2n) is 7.98.